The van der Waals surface area contributed by atoms with E-state index in [-0.39, 0.29) is 32.4 Å². The van der Waals surface area contributed by atoms with Gasteiger partial charge in [-0.05, 0) is 56.7 Å². The highest BCUT2D eigenvalue weighted by molar-refractivity contribution is 5.98. The number of hydrogen-bond donors (Lipinski definition) is 8. The molecule has 0 aliphatic carbocycles. The highest BCUT2D eigenvalue weighted by Gasteiger charge is 2.58. The summed E-state index contributed by atoms with van der Waals surface area (Å²) >= 11 is 0. The van der Waals surface area contributed by atoms with Gasteiger partial charge in [0.15, 0.2) is 18.1 Å². The molecule has 0 spiro atoms. The Bertz CT molecular complexity index is 1370. The van der Waals surface area contributed by atoms with E-state index in [1.807, 2.05) is 0 Å². The number of methoxy groups -OCH3 is 1. The van der Waals surface area contributed by atoms with Crippen molar-refractivity contribution in [1.82, 2.24) is 21.3 Å². The standard InChI is InChI=1S/C32H49N7O11/c1-16(2)22(28(44)37-20(7-6-14-35-31(34)46)27(43)36-18-10-8-17(15-40)9-11-18)39-26(42)19(33)12-13-21(41)38-29-24-23(49-32(3,4)50-24)25(48-29)30(45)47-5/h8-11,16,19-20,22-25,29,40H,6-7,12-15,33H2,1-5H3,(H,36,43)(H,37,44)(H,38,41)(H,39,42)(H3,34,35,46)/t19-,20-,22-,23-,24+,25-,29?/m0/s1. The number of primary amides is 1. The molecule has 0 radical (unpaired) electrons. The summed E-state index contributed by atoms with van der Waals surface area (Å²) in [5.74, 6) is -4.53. The van der Waals surface area contributed by atoms with Gasteiger partial charge in [-0.2, -0.15) is 0 Å². The van der Waals surface area contributed by atoms with E-state index < -0.39 is 90.0 Å². The number of benzene rings is 1. The zero-order chi connectivity index (χ0) is 37.2. The Morgan fingerprint density at radius 2 is 1.62 bits per heavy atom. The summed E-state index contributed by atoms with van der Waals surface area (Å²) in [6, 6.07) is 2.41. The van der Waals surface area contributed by atoms with Gasteiger partial charge >= 0.3 is 12.0 Å². The molecule has 10 N–H and O–H groups in total. The SMILES string of the molecule is COC(=O)[C@H]1OC(NC(=O)CC[C@H](N)C(=O)N[C@H](C(=O)N[C@@H](CCCNC(N)=O)C(=O)Nc2ccc(CO)cc2)C(C)C)[C@@H]2OC(C)(C)O[C@H]12. The largest absolute Gasteiger partial charge is 0.467 e. The molecule has 0 bridgehead atoms. The van der Waals surface area contributed by atoms with Gasteiger partial charge < -0.3 is 62.1 Å². The molecule has 2 aliphatic heterocycles. The minimum atomic E-state index is -1.18. The molecule has 1 aromatic carbocycles. The average Bonchev–Trinajstić information content (AvgIpc) is 3.55. The van der Waals surface area contributed by atoms with Gasteiger partial charge in [-0.1, -0.05) is 26.0 Å². The number of nitrogens with one attached hydrogen (secondary N) is 5. The van der Waals surface area contributed by atoms with Gasteiger partial charge in [-0.3, -0.25) is 19.2 Å². The van der Waals surface area contributed by atoms with Gasteiger partial charge in [0.05, 0.1) is 19.8 Å². The first kappa shape index (κ1) is 40.1. The molecule has 2 aliphatic rings. The van der Waals surface area contributed by atoms with Crippen molar-refractivity contribution in [1.29, 1.82) is 0 Å². The molecule has 2 heterocycles. The molecule has 0 aromatic heterocycles. The van der Waals surface area contributed by atoms with E-state index in [1.54, 1.807) is 52.0 Å². The van der Waals surface area contributed by atoms with Crippen molar-refractivity contribution in [2.45, 2.75) is 108 Å². The molecule has 6 amide bonds. The fourth-order valence-corrected chi connectivity index (χ4v) is 5.44. The number of hydrogen-bond acceptors (Lipinski definition) is 12. The zero-order valence-electron chi connectivity index (χ0n) is 28.9. The number of carbonyl (C=O) groups excluding carboxylic acids is 6. The first-order valence-electron chi connectivity index (χ1n) is 16.3. The van der Waals surface area contributed by atoms with Gasteiger partial charge in [0.2, 0.25) is 23.6 Å². The van der Waals surface area contributed by atoms with E-state index in [9.17, 15) is 33.9 Å². The van der Waals surface area contributed by atoms with Crippen LogP contribution >= 0.6 is 0 Å². The number of amides is 6. The molecular weight excluding hydrogens is 658 g/mol. The molecule has 0 saturated carbocycles. The van der Waals surface area contributed by atoms with Gasteiger partial charge in [0, 0.05) is 18.7 Å². The molecule has 3 rings (SSSR count). The van der Waals surface area contributed by atoms with Crippen LogP contribution in [0.25, 0.3) is 0 Å². The van der Waals surface area contributed by atoms with Crippen LogP contribution in [0.5, 0.6) is 0 Å². The molecule has 2 fully saturated rings. The third-order valence-corrected chi connectivity index (χ3v) is 8.06. The maximum Gasteiger partial charge on any atom is 0.337 e. The van der Waals surface area contributed by atoms with E-state index in [4.69, 9.17) is 30.4 Å². The van der Waals surface area contributed by atoms with Crippen molar-refractivity contribution in [2.75, 3.05) is 19.0 Å². The Labute approximate surface area is 290 Å². The lowest BCUT2D eigenvalue weighted by Gasteiger charge is -2.26. The first-order chi connectivity index (χ1) is 23.5. The normalized spacial score (nSPS) is 22.4. The topological polar surface area (TPSA) is 272 Å². The second kappa shape index (κ2) is 18.0. The number of ether oxygens (including phenoxy) is 4. The summed E-state index contributed by atoms with van der Waals surface area (Å²) in [7, 11) is 1.20. The Morgan fingerprint density at radius 3 is 2.22 bits per heavy atom. The molecule has 50 heavy (non-hydrogen) atoms. The fourth-order valence-electron chi connectivity index (χ4n) is 5.44. The summed E-state index contributed by atoms with van der Waals surface area (Å²) in [6.07, 6.45) is -3.58. The number of nitrogens with two attached hydrogens (primary N) is 2. The van der Waals surface area contributed by atoms with Crippen LogP contribution in [0.2, 0.25) is 0 Å². The molecule has 278 valence electrons. The number of fused-ring (bicyclic) bond motifs is 1. The molecule has 1 unspecified atom stereocenters. The van der Waals surface area contributed by atoms with Crippen LogP contribution in [0.3, 0.4) is 0 Å². The Hall–Kier alpha value is -4.36. The number of aliphatic hydroxyl groups excluding tert-OH is 1. The van der Waals surface area contributed by atoms with E-state index in [0.29, 0.717) is 17.7 Å². The number of rotatable bonds is 17. The molecule has 2 saturated heterocycles. The number of urea groups is 1. The highest BCUT2D eigenvalue weighted by atomic mass is 16.8. The van der Waals surface area contributed by atoms with Crippen molar-refractivity contribution in [3.8, 4) is 0 Å². The van der Waals surface area contributed by atoms with Crippen LogP contribution < -0.4 is 38.1 Å². The summed E-state index contributed by atoms with van der Waals surface area (Å²) < 4.78 is 22.0. The first-order valence-corrected chi connectivity index (χ1v) is 16.3. The molecule has 18 nitrogen and oxygen atoms in total. The average molecular weight is 708 g/mol. The Balaban J connectivity index is 1.57. The van der Waals surface area contributed by atoms with Gasteiger partial charge in [0.25, 0.3) is 0 Å². The number of esters is 1. The van der Waals surface area contributed by atoms with Crippen molar-refractivity contribution in [3.63, 3.8) is 0 Å². The lowest BCUT2D eigenvalue weighted by Crippen LogP contribution is -2.57. The van der Waals surface area contributed by atoms with Crippen LogP contribution in [-0.2, 0) is 49.5 Å². The molecule has 18 heteroatoms. The predicted molar refractivity (Wildman–Crippen MR) is 176 cm³/mol. The van der Waals surface area contributed by atoms with Crippen LogP contribution in [0, 0.1) is 5.92 Å². The van der Waals surface area contributed by atoms with Gasteiger partial charge in [-0.25, -0.2) is 9.59 Å². The number of anilines is 1. The monoisotopic (exact) mass is 707 g/mol. The van der Waals surface area contributed by atoms with Crippen molar-refractivity contribution in [2.24, 2.45) is 17.4 Å². The van der Waals surface area contributed by atoms with E-state index in [0.717, 1.165) is 0 Å². The number of carbonyl (C=O) groups is 6. The second-order valence-electron chi connectivity index (χ2n) is 12.8. The third-order valence-electron chi connectivity index (χ3n) is 8.06. The van der Waals surface area contributed by atoms with Gasteiger partial charge in [-0.15, -0.1) is 0 Å². The Morgan fingerprint density at radius 1 is 0.960 bits per heavy atom. The maximum atomic E-state index is 13.4. The lowest BCUT2D eigenvalue weighted by molar-refractivity contribution is -0.198. The molecular formula is C32H49N7O11. The molecule has 7 atom stereocenters. The fraction of sp³-hybridized carbons (Fsp3) is 0.625. The number of aliphatic hydroxyl groups is 1. The lowest BCUT2D eigenvalue weighted by atomic mass is 10.0. The van der Waals surface area contributed by atoms with Crippen LogP contribution in [0.15, 0.2) is 24.3 Å². The predicted octanol–water partition coefficient (Wildman–Crippen LogP) is -1.17. The van der Waals surface area contributed by atoms with Crippen LogP contribution in [0.1, 0.15) is 58.9 Å². The summed E-state index contributed by atoms with van der Waals surface area (Å²) in [4.78, 5) is 75.8. The quantitative estimate of drug-likeness (QED) is 0.0703. The zero-order valence-corrected chi connectivity index (χ0v) is 28.9. The van der Waals surface area contributed by atoms with Crippen molar-refractivity contribution < 1.29 is 52.8 Å². The molecule has 1 aromatic rings. The smallest absolute Gasteiger partial charge is 0.337 e. The van der Waals surface area contributed by atoms with E-state index in [1.165, 1.54) is 7.11 Å². The minimum Gasteiger partial charge on any atom is -0.467 e. The third kappa shape index (κ3) is 11.3. The summed E-state index contributed by atoms with van der Waals surface area (Å²) in [6.45, 7) is 6.72. The van der Waals surface area contributed by atoms with E-state index >= 15 is 0 Å². The van der Waals surface area contributed by atoms with Crippen LogP contribution in [-0.4, -0.2) is 103 Å². The Kier molecular flexibility index (Phi) is 14.5. The minimum absolute atomic E-state index is 0.0961. The highest BCUT2D eigenvalue weighted by Crippen LogP contribution is 2.38. The maximum absolute atomic E-state index is 13.4. The van der Waals surface area contributed by atoms with Gasteiger partial charge in [0.1, 0.15) is 24.3 Å². The summed E-state index contributed by atoms with van der Waals surface area (Å²) in [5.41, 5.74) is 12.3. The van der Waals surface area contributed by atoms with E-state index in [2.05, 4.69) is 26.6 Å². The summed E-state index contributed by atoms with van der Waals surface area (Å²) in [5, 5.41) is 22.4. The second-order valence-corrected chi connectivity index (χ2v) is 12.8. The van der Waals surface area contributed by atoms with Crippen LogP contribution in [0.4, 0.5) is 10.5 Å². The van der Waals surface area contributed by atoms with Crippen molar-refractivity contribution >= 4 is 41.3 Å². The van der Waals surface area contributed by atoms with Crippen molar-refractivity contribution in [3.05, 3.63) is 29.8 Å².